The van der Waals surface area contributed by atoms with Crippen molar-refractivity contribution in [1.29, 1.82) is 0 Å². The molecule has 1 aliphatic heterocycles. The summed E-state index contributed by atoms with van der Waals surface area (Å²) in [5, 5.41) is 8.98. The third-order valence-corrected chi connectivity index (χ3v) is 6.01. The van der Waals surface area contributed by atoms with E-state index in [4.69, 9.17) is 0 Å². The minimum atomic E-state index is -0.0595. The maximum absolute atomic E-state index is 13.0. The molecule has 1 aromatic carbocycles. The molecule has 0 radical (unpaired) electrons. The van der Waals surface area contributed by atoms with E-state index in [2.05, 4.69) is 39.1 Å². The third-order valence-electron chi connectivity index (χ3n) is 4.86. The highest BCUT2D eigenvalue weighted by molar-refractivity contribution is 9.10. The molecule has 26 heavy (non-hydrogen) atoms. The Morgan fingerprint density at radius 3 is 2.73 bits per heavy atom. The standard InChI is InChI=1S/C19H20BrN5O/c1-12-10-15-6-4-5-7-17(15)25(12)19(26)16-8-9-23(22-16)11-24-14(3)18(20)13(2)21-24/h4-9,12H,10-11H2,1-3H3/t12-/m0/s1. The Balaban J connectivity index is 1.58. The van der Waals surface area contributed by atoms with Crippen molar-refractivity contribution in [3.8, 4) is 0 Å². The lowest BCUT2D eigenvalue weighted by Crippen LogP contribution is -2.36. The molecule has 1 amide bonds. The first-order valence-corrected chi connectivity index (χ1v) is 9.39. The molecule has 3 heterocycles. The molecule has 0 saturated carbocycles. The van der Waals surface area contributed by atoms with Crippen LogP contribution in [-0.2, 0) is 13.1 Å². The molecular formula is C19H20BrN5O. The molecule has 0 spiro atoms. The van der Waals surface area contributed by atoms with E-state index < -0.39 is 0 Å². The lowest BCUT2D eigenvalue weighted by atomic mass is 10.1. The van der Waals surface area contributed by atoms with Crippen LogP contribution in [-0.4, -0.2) is 31.5 Å². The van der Waals surface area contributed by atoms with E-state index in [0.29, 0.717) is 12.4 Å². The minimum absolute atomic E-state index is 0.0595. The van der Waals surface area contributed by atoms with Crippen molar-refractivity contribution in [1.82, 2.24) is 19.6 Å². The maximum Gasteiger partial charge on any atom is 0.279 e. The van der Waals surface area contributed by atoms with Crippen LogP contribution in [0.4, 0.5) is 5.69 Å². The van der Waals surface area contributed by atoms with E-state index in [-0.39, 0.29) is 11.9 Å². The number of fused-ring (bicyclic) bond motifs is 1. The highest BCUT2D eigenvalue weighted by Gasteiger charge is 2.32. The van der Waals surface area contributed by atoms with Gasteiger partial charge in [0.2, 0.25) is 0 Å². The van der Waals surface area contributed by atoms with Gasteiger partial charge in [-0.05, 0) is 60.8 Å². The average Bonchev–Trinajstić information content (AvgIpc) is 3.28. The first kappa shape index (κ1) is 17.0. The molecule has 7 heteroatoms. The van der Waals surface area contributed by atoms with Gasteiger partial charge >= 0.3 is 0 Å². The zero-order valence-corrected chi connectivity index (χ0v) is 16.6. The van der Waals surface area contributed by atoms with Crippen molar-refractivity contribution in [2.24, 2.45) is 0 Å². The first-order valence-electron chi connectivity index (χ1n) is 8.60. The Bertz CT molecular complexity index is 990. The number of hydrogen-bond donors (Lipinski definition) is 0. The van der Waals surface area contributed by atoms with E-state index in [1.165, 1.54) is 5.56 Å². The van der Waals surface area contributed by atoms with Crippen LogP contribution in [0.15, 0.2) is 41.0 Å². The van der Waals surface area contributed by atoms with Gasteiger partial charge in [-0.15, -0.1) is 0 Å². The molecule has 134 valence electrons. The number of anilines is 1. The summed E-state index contributed by atoms with van der Waals surface area (Å²) < 4.78 is 4.61. The largest absolute Gasteiger partial charge is 0.304 e. The molecule has 6 nitrogen and oxygen atoms in total. The quantitative estimate of drug-likeness (QED) is 0.659. The number of carbonyl (C=O) groups excluding carboxylic acids is 1. The van der Waals surface area contributed by atoms with Crippen LogP contribution in [0.1, 0.15) is 34.4 Å². The van der Waals surface area contributed by atoms with Gasteiger partial charge in [-0.2, -0.15) is 10.2 Å². The predicted octanol–water partition coefficient (Wildman–Crippen LogP) is 3.56. The van der Waals surface area contributed by atoms with Gasteiger partial charge in [-0.3, -0.25) is 9.48 Å². The van der Waals surface area contributed by atoms with E-state index in [1.54, 1.807) is 10.7 Å². The van der Waals surface area contributed by atoms with Crippen LogP contribution in [0.25, 0.3) is 0 Å². The van der Waals surface area contributed by atoms with Crippen molar-refractivity contribution in [2.45, 2.75) is 39.9 Å². The number of hydrogen-bond acceptors (Lipinski definition) is 3. The first-order chi connectivity index (χ1) is 12.5. The molecule has 2 aromatic heterocycles. The summed E-state index contributed by atoms with van der Waals surface area (Å²) in [4.78, 5) is 14.9. The van der Waals surface area contributed by atoms with E-state index in [0.717, 1.165) is 28.0 Å². The van der Waals surface area contributed by atoms with Crippen LogP contribution < -0.4 is 4.90 Å². The van der Waals surface area contributed by atoms with Crippen molar-refractivity contribution in [3.05, 3.63) is 63.6 Å². The number of benzene rings is 1. The Morgan fingerprint density at radius 1 is 1.23 bits per heavy atom. The van der Waals surface area contributed by atoms with Crippen LogP contribution >= 0.6 is 15.9 Å². The molecule has 0 saturated heterocycles. The monoisotopic (exact) mass is 413 g/mol. The van der Waals surface area contributed by atoms with Crippen LogP contribution in [0.5, 0.6) is 0 Å². The topological polar surface area (TPSA) is 56.0 Å². The Hall–Kier alpha value is -2.41. The van der Waals surface area contributed by atoms with Crippen LogP contribution in [0.3, 0.4) is 0 Å². The SMILES string of the molecule is Cc1nn(Cn2ccc(C(=O)N3c4ccccc4C[C@@H]3C)n2)c(C)c1Br. The fourth-order valence-electron chi connectivity index (χ4n) is 3.50. The van der Waals surface area contributed by atoms with Crippen molar-refractivity contribution >= 4 is 27.5 Å². The van der Waals surface area contributed by atoms with Gasteiger partial charge in [0.15, 0.2) is 5.69 Å². The van der Waals surface area contributed by atoms with Crippen LogP contribution in [0.2, 0.25) is 0 Å². The summed E-state index contributed by atoms with van der Waals surface area (Å²) in [5.74, 6) is -0.0595. The lowest BCUT2D eigenvalue weighted by molar-refractivity contribution is 0.0975. The zero-order valence-electron chi connectivity index (χ0n) is 15.0. The molecule has 0 bridgehead atoms. The highest BCUT2D eigenvalue weighted by Crippen LogP contribution is 2.32. The Kier molecular flexibility index (Phi) is 4.19. The molecule has 0 fully saturated rings. The van der Waals surface area contributed by atoms with Gasteiger partial charge in [0, 0.05) is 17.9 Å². The maximum atomic E-state index is 13.0. The molecule has 1 aliphatic rings. The number of halogens is 1. The molecule has 4 rings (SSSR count). The number of amides is 1. The summed E-state index contributed by atoms with van der Waals surface area (Å²) in [7, 11) is 0. The van der Waals surface area contributed by atoms with Crippen molar-refractivity contribution in [3.63, 3.8) is 0 Å². The number of aromatic nitrogens is 4. The number of aryl methyl sites for hydroxylation is 1. The summed E-state index contributed by atoms with van der Waals surface area (Å²) in [6.45, 7) is 6.50. The van der Waals surface area contributed by atoms with E-state index in [1.807, 2.05) is 47.8 Å². The van der Waals surface area contributed by atoms with Gasteiger partial charge in [-0.25, -0.2) is 4.68 Å². The second-order valence-corrected chi connectivity index (χ2v) is 7.52. The van der Waals surface area contributed by atoms with Crippen molar-refractivity contribution < 1.29 is 4.79 Å². The molecule has 3 aromatic rings. The van der Waals surface area contributed by atoms with Gasteiger partial charge in [0.25, 0.3) is 5.91 Å². The molecule has 0 aliphatic carbocycles. The average molecular weight is 414 g/mol. The van der Waals surface area contributed by atoms with Gasteiger partial charge < -0.3 is 4.90 Å². The number of carbonyl (C=O) groups is 1. The van der Waals surface area contributed by atoms with Crippen molar-refractivity contribution in [2.75, 3.05) is 4.90 Å². The smallest absolute Gasteiger partial charge is 0.279 e. The molecule has 0 N–H and O–H groups in total. The summed E-state index contributed by atoms with van der Waals surface area (Å²) >= 11 is 3.53. The Morgan fingerprint density at radius 2 is 2.00 bits per heavy atom. The van der Waals surface area contributed by atoms with Gasteiger partial charge in [0.1, 0.15) is 6.67 Å². The summed E-state index contributed by atoms with van der Waals surface area (Å²) in [5.41, 5.74) is 4.62. The molecule has 1 atom stereocenters. The number of para-hydroxylation sites is 1. The normalized spacial score (nSPS) is 16.2. The zero-order chi connectivity index (χ0) is 18.4. The fourth-order valence-corrected chi connectivity index (χ4v) is 3.79. The van der Waals surface area contributed by atoms with Crippen LogP contribution in [0, 0.1) is 13.8 Å². The number of rotatable bonds is 3. The van der Waals surface area contributed by atoms with Gasteiger partial charge in [0.05, 0.1) is 15.9 Å². The summed E-state index contributed by atoms with van der Waals surface area (Å²) in [6, 6.07) is 9.98. The predicted molar refractivity (Wildman–Crippen MR) is 103 cm³/mol. The second kappa shape index (κ2) is 6.39. The number of nitrogens with zero attached hydrogens (tertiary/aromatic N) is 5. The lowest BCUT2D eigenvalue weighted by Gasteiger charge is -2.21. The fraction of sp³-hybridized carbons (Fsp3) is 0.316. The van der Waals surface area contributed by atoms with E-state index in [9.17, 15) is 4.79 Å². The van der Waals surface area contributed by atoms with E-state index >= 15 is 0 Å². The minimum Gasteiger partial charge on any atom is -0.304 e. The summed E-state index contributed by atoms with van der Waals surface area (Å²) in [6.07, 6.45) is 2.70. The second-order valence-electron chi connectivity index (χ2n) is 6.72. The highest BCUT2D eigenvalue weighted by atomic mass is 79.9. The Labute approximate surface area is 160 Å². The molecular weight excluding hydrogens is 394 g/mol. The third kappa shape index (κ3) is 2.76. The molecule has 0 unspecified atom stereocenters. The van der Waals surface area contributed by atoms with Gasteiger partial charge in [-0.1, -0.05) is 18.2 Å².